The zero-order valence-electron chi connectivity index (χ0n) is 4.63. The summed E-state index contributed by atoms with van der Waals surface area (Å²) in [6.07, 6.45) is 0. The summed E-state index contributed by atoms with van der Waals surface area (Å²) in [5, 5.41) is 21.5. The van der Waals surface area contributed by atoms with Crippen molar-refractivity contribution in [3.8, 4) is 0 Å². The number of hydrogen-bond acceptors (Lipinski definition) is 3. The van der Waals surface area contributed by atoms with Gasteiger partial charge in [-0.3, -0.25) is 0 Å². The molecule has 0 rings (SSSR count). The molecule has 3 N–H and O–H groups in total. The molecule has 0 radical (unpaired) electrons. The van der Waals surface area contributed by atoms with Crippen LogP contribution in [-0.2, 0) is 0 Å². The molecule has 28 valence electrons. The van der Waals surface area contributed by atoms with Crippen molar-refractivity contribution in [2.45, 2.75) is 0 Å². The van der Waals surface area contributed by atoms with Gasteiger partial charge < -0.3 is 17.9 Å². The Morgan fingerprint density at radius 3 is 1.20 bits per heavy atom. The van der Waals surface area contributed by atoms with E-state index in [1.165, 1.54) is 0 Å². The van der Waals surface area contributed by atoms with Crippen molar-refractivity contribution in [1.82, 2.24) is 0 Å². The normalized spacial score (nSPS) is 5.40. The van der Waals surface area contributed by atoms with Crippen molar-refractivity contribution in [2.75, 3.05) is 0 Å². The minimum absolute atomic E-state index is 0. The van der Waals surface area contributed by atoms with Crippen LogP contribution in [0.4, 0.5) is 0 Å². The molecule has 0 aliphatic heterocycles. The first kappa shape index (κ1) is 9.66. The summed E-state index contributed by atoms with van der Waals surface area (Å²) in [5.41, 5.74) is 0. The molecule has 5 heavy (non-hydrogen) atoms. The van der Waals surface area contributed by atoms with Crippen LogP contribution in [0, 0.1) is 0 Å². The van der Waals surface area contributed by atoms with Crippen molar-refractivity contribution in [3.63, 3.8) is 0 Å². The smallest absolute Gasteiger partial charge is 1.00 e. The molecular formula is H5BO3Sr. The maximum Gasteiger partial charge on any atom is 2.00 e. The van der Waals surface area contributed by atoms with Crippen molar-refractivity contribution in [3.05, 3.63) is 0 Å². The van der Waals surface area contributed by atoms with E-state index in [1.54, 1.807) is 0 Å². The van der Waals surface area contributed by atoms with E-state index in [-0.39, 0.29) is 48.3 Å². The molecule has 0 saturated heterocycles. The summed E-state index contributed by atoms with van der Waals surface area (Å²) in [6.45, 7) is 0. The van der Waals surface area contributed by atoms with Gasteiger partial charge in [-0.15, -0.1) is 0 Å². The molecule has 0 fully saturated rings. The van der Waals surface area contributed by atoms with E-state index in [9.17, 15) is 0 Å². The monoisotopic (exact) mass is 152 g/mol. The molecular weight excluding hydrogens is 146 g/mol. The van der Waals surface area contributed by atoms with Crippen molar-refractivity contribution in [1.29, 1.82) is 0 Å². The zero-order valence-corrected chi connectivity index (χ0v) is 6.10. The van der Waals surface area contributed by atoms with Gasteiger partial charge in [0.1, 0.15) is 0 Å². The molecule has 0 aliphatic rings. The van der Waals surface area contributed by atoms with E-state index in [4.69, 9.17) is 15.1 Å². The third kappa shape index (κ3) is 31.3. The van der Waals surface area contributed by atoms with Gasteiger partial charge in [-0.25, -0.2) is 0 Å². The van der Waals surface area contributed by atoms with E-state index in [2.05, 4.69) is 0 Å². The molecule has 0 saturated carbocycles. The molecule has 0 spiro atoms. The van der Waals surface area contributed by atoms with Gasteiger partial charge in [0.15, 0.2) is 0 Å². The van der Waals surface area contributed by atoms with Gasteiger partial charge in [-0.1, -0.05) is 0 Å². The maximum absolute atomic E-state index is 7.17. The molecule has 0 aliphatic carbocycles. The van der Waals surface area contributed by atoms with Crippen LogP contribution in [-0.4, -0.2) is 67.9 Å². The van der Waals surface area contributed by atoms with Crippen LogP contribution in [0.1, 0.15) is 2.85 Å². The first-order chi connectivity index (χ1) is 1.73. The number of hydrogen-bond donors (Lipinski definition) is 3. The minimum Gasteiger partial charge on any atom is -1.00 e. The average Bonchev–Trinajstić information content (AvgIpc) is 0.811. The first-order valence-corrected chi connectivity index (χ1v) is 0.775. The predicted molar refractivity (Wildman–Crippen MR) is 20.4 cm³/mol. The van der Waals surface area contributed by atoms with Crippen LogP contribution in [0.5, 0.6) is 0 Å². The summed E-state index contributed by atoms with van der Waals surface area (Å²) >= 11 is 0. The van der Waals surface area contributed by atoms with Crippen molar-refractivity contribution < 1.29 is 17.9 Å². The first-order valence-electron chi connectivity index (χ1n) is 0.775. The fourth-order valence-electron chi connectivity index (χ4n) is 0. The third-order valence-electron chi connectivity index (χ3n) is 0. The second-order valence-corrected chi connectivity index (χ2v) is 0.346. The molecule has 0 amide bonds. The van der Waals surface area contributed by atoms with Crippen LogP contribution < -0.4 is 0 Å². The topological polar surface area (TPSA) is 60.7 Å². The second kappa shape index (κ2) is 5.43. The van der Waals surface area contributed by atoms with E-state index >= 15 is 0 Å². The van der Waals surface area contributed by atoms with E-state index in [1.807, 2.05) is 0 Å². The maximum atomic E-state index is 7.17. The molecule has 0 aromatic carbocycles. The molecule has 0 atom stereocenters. The quantitative estimate of drug-likeness (QED) is 0.344. The molecule has 0 aromatic heterocycles. The van der Waals surface area contributed by atoms with Crippen LogP contribution >= 0.6 is 0 Å². The fraction of sp³-hybridized carbons (Fsp3) is 0. The summed E-state index contributed by atoms with van der Waals surface area (Å²) in [6, 6.07) is 0. The summed E-state index contributed by atoms with van der Waals surface area (Å²) < 4.78 is 0. The van der Waals surface area contributed by atoms with Gasteiger partial charge >= 0.3 is 52.8 Å². The molecule has 0 unspecified atom stereocenters. The minimum atomic E-state index is -2.17. The Labute approximate surface area is 70.0 Å². The van der Waals surface area contributed by atoms with Gasteiger partial charge in [0, 0.05) is 0 Å². The molecule has 3 nitrogen and oxygen atoms in total. The average molecular weight is 151 g/mol. The van der Waals surface area contributed by atoms with E-state index in [0.717, 1.165) is 0 Å². The summed E-state index contributed by atoms with van der Waals surface area (Å²) in [5.74, 6) is 0. The fourth-order valence-corrected chi connectivity index (χ4v) is 0. The molecule has 0 aromatic rings. The largest absolute Gasteiger partial charge is 2.00 e. The van der Waals surface area contributed by atoms with Crippen LogP contribution in [0.3, 0.4) is 0 Å². The zero-order chi connectivity index (χ0) is 3.58. The van der Waals surface area contributed by atoms with Gasteiger partial charge in [0.05, 0.1) is 0 Å². The van der Waals surface area contributed by atoms with Crippen LogP contribution in [0.15, 0.2) is 0 Å². The standard InChI is InChI=1S/BH3O3.Sr.2H/c2-1(3)4;;;/h2-4H;;;/q;+2;2*-1. The molecule has 0 heterocycles. The van der Waals surface area contributed by atoms with Gasteiger partial charge in [0.2, 0.25) is 0 Å². The Kier molecular flexibility index (Phi) is 10.5. The second-order valence-electron chi connectivity index (χ2n) is 0.346. The SMILES string of the molecule is OB(O)O.[H-].[H-].[Sr+2]. The number of rotatable bonds is 0. The third-order valence-corrected chi connectivity index (χ3v) is 0. The van der Waals surface area contributed by atoms with E-state index < -0.39 is 7.32 Å². The summed E-state index contributed by atoms with van der Waals surface area (Å²) in [4.78, 5) is 0. The van der Waals surface area contributed by atoms with Crippen LogP contribution in [0.25, 0.3) is 0 Å². The molecule has 0 bridgehead atoms. The predicted octanol–water partition coefficient (Wildman–Crippen LogP) is -2.21. The Balaban J connectivity index is -0.0000000150. The Hall–Kier alpha value is 1.43. The Bertz CT molecular complexity index is 17.7. The Morgan fingerprint density at radius 2 is 1.20 bits per heavy atom. The van der Waals surface area contributed by atoms with Crippen molar-refractivity contribution >= 4 is 52.8 Å². The van der Waals surface area contributed by atoms with Crippen molar-refractivity contribution in [2.24, 2.45) is 0 Å². The van der Waals surface area contributed by atoms with Crippen LogP contribution in [0.2, 0.25) is 0 Å². The van der Waals surface area contributed by atoms with E-state index in [0.29, 0.717) is 0 Å². The van der Waals surface area contributed by atoms with Gasteiger partial charge in [-0.2, -0.15) is 0 Å². The molecule has 5 heteroatoms. The Morgan fingerprint density at radius 1 is 1.20 bits per heavy atom. The van der Waals surface area contributed by atoms with Gasteiger partial charge in [0.25, 0.3) is 0 Å². The summed E-state index contributed by atoms with van der Waals surface area (Å²) in [7, 11) is -2.17. The van der Waals surface area contributed by atoms with Gasteiger partial charge in [-0.05, 0) is 0 Å².